The fraction of sp³-hybridized carbons (Fsp3) is 0.375. The average Bonchev–Trinajstić information content (AvgIpc) is 3.43. The van der Waals surface area contributed by atoms with Crippen molar-refractivity contribution in [2.75, 3.05) is 6.54 Å². The molecule has 178 valence electrons. The van der Waals surface area contributed by atoms with Gasteiger partial charge in [0.1, 0.15) is 23.2 Å². The molecule has 0 saturated heterocycles. The van der Waals surface area contributed by atoms with Gasteiger partial charge in [-0.15, -0.1) is 0 Å². The Balaban J connectivity index is 1.40. The van der Waals surface area contributed by atoms with Crippen molar-refractivity contribution in [1.29, 1.82) is 0 Å². The zero-order valence-electron chi connectivity index (χ0n) is 18.5. The van der Waals surface area contributed by atoms with Crippen molar-refractivity contribution in [3.63, 3.8) is 0 Å². The SMILES string of the molecule is Cc1cn(-c2ccc3n(c2=O)CCN(C2CCCC2Oc2ccccc2C(F)(F)F)C3=O)cn1. The molecule has 1 aliphatic carbocycles. The van der Waals surface area contributed by atoms with Gasteiger partial charge in [-0.05, 0) is 50.5 Å². The Morgan fingerprint density at radius 3 is 2.59 bits per heavy atom. The standard InChI is InChI=1S/C24H23F3N4O3/c1-15-13-29(14-28-15)18-9-10-19-23(33)30(11-12-31(19)22(18)32)17-6-4-8-21(17)34-20-7-3-2-5-16(20)24(25,26)27/h2-3,5,7,9-10,13-14,17,21H,4,6,8,11-12H2,1H3. The van der Waals surface area contributed by atoms with Crippen molar-refractivity contribution in [3.05, 3.63) is 76.2 Å². The van der Waals surface area contributed by atoms with Crippen LogP contribution in [0.1, 0.15) is 41.0 Å². The first-order valence-electron chi connectivity index (χ1n) is 11.1. The van der Waals surface area contributed by atoms with Gasteiger partial charge in [0.25, 0.3) is 11.5 Å². The van der Waals surface area contributed by atoms with Gasteiger partial charge in [-0.1, -0.05) is 12.1 Å². The maximum absolute atomic E-state index is 13.4. The summed E-state index contributed by atoms with van der Waals surface area (Å²) in [6.07, 6.45) is 0.109. The largest absolute Gasteiger partial charge is 0.488 e. The molecule has 1 saturated carbocycles. The molecule has 2 unspecified atom stereocenters. The van der Waals surface area contributed by atoms with E-state index in [0.29, 0.717) is 25.1 Å². The number of carbonyl (C=O) groups is 1. The van der Waals surface area contributed by atoms with Crippen LogP contribution in [0, 0.1) is 6.92 Å². The van der Waals surface area contributed by atoms with E-state index in [0.717, 1.165) is 18.2 Å². The molecule has 7 nitrogen and oxygen atoms in total. The average molecular weight is 472 g/mol. The van der Waals surface area contributed by atoms with Crippen molar-refractivity contribution < 1.29 is 22.7 Å². The highest BCUT2D eigenvalue weighted by Gasteiger charge is 2.41. The van der Waals surface area contributed by atoms with Crippen LogP contribution in [0.25, 0.3) is 5.69 Å². The number of nitrogens with zero attached hydrogens (tertiary/aromatic N) is 4. The molecule has 2 atom stereocenters. The summed E-state index contributed by atoms with van der Waals surface area (Å²) < 4.78 is 49.2. The van der Waals surface area contributed by atoms with Crippen molar-refractivity contribution in [3.8, 4) is 11.4 Å². The van der Waals surface area contributed by atoms with Crippen LogP contribution in [0.3, 0.4) is 0 Å². The second-order valence-electron chi connectivity index (χ2n) is 8.63. The quantitative estimate of drug-likeness (QED) is 0.579. The van der Waals surface area contributed by atoms with Crippen LogP contribution in [0.5, 0.6) is 5.75 Å². The number of aryl methyl sites for hydroxylation is 1. The molecule has 1 aliphatic heterocycles. The number of carbonyl (C=O) groups excluding carboxylic acids is 1. The number of benzene rings is 1. The monoisotopic (exact) mass is 472 g/mol. The number of alkyl halides is 3. The normalized spacial score (nSPS) is 20.5. The molecule has 1 fully saturated rings. The van der Waals surface area contributed by atoms with Gasteiger partial charge in [0.05, 0.1) is 23.6 Å². The Morgan fingerprint density at radius 1 is 1.06 bits per heavy atom. The molecule has 2 aliphatic rings. The molecule has 0 radical (unpaired) electrons. The van der Waals surface area contributed by atoms with Gasteiger partial charge in [0.2, 0.25) is 0 Å². The van der Waals surface area contributed by atoms with E-state index in [1.54, 1.807) is 34.1 Å². The van der Waals surface area contributed by atoms with Gasteiger partial charge in [0, 0.05) is 19.3 Å². The first kappa shape index (κ1) is 22.2. The molecular weight excluding hydrogens is 449 g/mol. The topological polar surface area (TPSA) is 69.4 Å². The molecule has 3 heterocycles. The van der Waals surface area contributed by atoms with E-state index in [9.17, 15) is 22.8 Å². The summed E-state index contributed by atoms with van der Waals surface area (Å²) in [5.41, 5.74) is 0.310. The zero-order chi connectivity index (χ0) is 24.0. The van der Waals surface area contributed by atoms with Crippen LogP contribution in [0.2, 0.25) is 0 Å². The van der Waals surface area contributed by atoms with Crippen LogP contribution >= 0.6 is 0 Å². The molecule has 0 N–H and O–H groups in total. The molecule has 34 heavy (non-hydrogen) atoms. The molecule has 1 amide bonds. The number of aromatic nitrogens is 3. The summed E-state index contributed by atoms with van der Waals surface area (Å²) in [6, 6.07) is 7.97. The number of halogens is 3. The van der Waals surface area contributed by atoms with E-state index < -0.39 is 17.8 Å². The van der Waals surface area contributed by atoms with Gasteiger partial charge < -0.3 is 18.8 Å². The number of pyridine rings is 1. The first-order valence-corrected chi connectivity index (χ1v) is 11.1. The molecule has 2 aromatic heterocycles. The number of para-hydroxylation sites is 1. The van der Waals surface area contributed by atoms with Crippen LogP contribution in [0.15, 0.2) is 53.7 Å². The number of rotatable bonds is 4. The van der Waals surface area contributed by atoms with E-state index in [2.05, 4.69) is 4.98 Å². The minimum absolute atomic E-state index is 0.228. The lowest BCUT2D eigenvalue weighted by molar-refractivity contribution is -0.139. The Bertz CT molecular complexity index is 1300. The predicted molar refractivity (Wildman–Crippen MR) is 117 cm³/mol. The third kappa shape index (κ3) is 3.86. The van der Waals surface area contributed by atoms with Gasteiger partial charge in [-0.25, -0.2) is 4.98 Å². The van der Waals surface area contributed by atoms with Crippen LogP contribution < -0.4 is 10.3 Å². The molecule has 0 bridgehead atoms. The lowest BCUT2D eigenvalue weighted by Gasteiger charge is -2.37. The number of fused-ring (bicyclic) bond motifs is 1. The highest BCUT2D eigenvalue weighted by atomic mass is 19.4. The third-order valence-corrected chi connectivity index (χ3v) is 6.48. The number of ether oxygens (including phenoxy) is 1. The van der Waals surface area contributed by atoms with Crippen molar-refractivity contribution in [2.24, 2.45) is 0 Å². The van der Waals surface area contributed by atoms with Crippen LogP contribution in [-0.2, 0) is 12.7 Å². The second kappa shape index (κ2) is 8.34. The van der Waals surface area contributed by atoms with Gasteiger partial charge in [0.15, 0.2) is 0 Å². The number of amides is 1. The molecule has 1 aromatic carbocycles. The summed E-state index contributed by atoms with van der Waals surface area (Å²) >= 11 is 0. The van der Waals surface area contributed by atoms with Gasteiger partial charge >= 0.3 is 6.18 Å². The Morgan fingerprint density at radius 2 is 1.85 bits per heavy atom. The van der Waals surface area contributed by atoms with E-state index >= 15 is 0 Å². The maximum atomic E-state index is 13.4. The van der Waals surface area contributed by atoms with Gasteiger partial charge in [-0.3, -0.25) is 9.59 Å². The summed E-state index contributed by atoms with van der Waals surface area (Å²) in [5.74, 6) is -0.547. The molecule has 3 aromatic rings. The minimum Gasteiger partial charge on any atom is -0.488 e. The Kier molecular flexibility index (Phi) is 5.45. The number of hydrogen-bond donors (Lipinski definition) is 0. The Hall–Kier alpha value is -3.56. The predicted octanol–water partition coefficient (Wildman–Crippen LogP) is 3.82. The van der Waals surface area contributed by atoms with E-state index in [1.807, 2.05) is 6.92 Å². The van der Waals surface area contributed by atoms with E-state index in [1.165, 1.54) is 22.8 Å². The van der Waals surface area contributed by atoms with Crippen molar-refractivity contribution >= 4 is 5.91 Å². The number of hydrogen-bond acceptors (Lipinski definition) is 4. The summed E-state index contributed by atoms with van der Waals surface area (Å²) in [6.45, 7) is 2.40. The lowest BCUT2D eigenvalue weighted by atomic mass is 10.1. The van der Waals surface area contributed by atoms with E-state index in [4.69, 9.17) is 4.74 Å². The smallest absolute Gasteiger partial charge is 0.419 e. The van der Waals surface area contributed by atoms with Crippen LogP contribution in [0.4, 0.5) is 13.2 Å². The molecule has 0 spiro atoms. The van der Waals surface area contributed by atoms with Gasteiger partial charge in [-0.2, -0.15) is 13.2 Å². The Labute approximate surface area is 193 Å². The minimum atomic E-state index is -4.53. The second-order valence-corrected chi connectivity index (χ2v) is 8.63. The maximum Gasteiger partial charge on any atom is 0.419 e. The molecular formula is C24H23F3N4O3. The summed E-state index contributed by atoms with van der Waals surface area (Å²) in [7, 11) is 0. The van der Waals surface area contributed by atoms with Crippen molar-refractivity contribution in [2.45, 2.75) is 51.1 Å². The van der Waals surface area contributed by atoms with E-state index in [-0.39, 0.29) is 35.5 Å². The summed E-state index contributed by atoms with van der Waals surface area (Å²) in [4.78, 5) is 32.2. The highest BCUT2D eigenvalue weighted by molar-refractivity contribution is 5.93. The lowest BCUT2D eigenvalue weighted by Crippen LogP contribution is -2.52. The molecule has 5 rings (SSSR count). The number of imidazole rings is 1. The summed E-state index contributed by atoms with van der Waals surface area (Å²) in [5, 5.41) is 0. The first-order chi connectivity index (χ1) is 16.2. The van der Waals surface area contributed by atoms with Crippen LogP contribution in [-0.4, -0.2) is 43.6 Å². The van der Waals surface area contributed by atoms with Crippen molar-refractivity contribution in [1.82, 2.24) is 19.0 Å². The highest BCUT2D eigenvalue weighted by Crippen LogP contribution is 2.38. The fourth-order valence-electron chi connectivity index (χ4n) is 4.86. The third-order valence-electron chi connectivity index (χ3n) is 6.48. The fourth-order valence-corrected chi connectivity index (χ4v) is 4.86. The zero-order valence-corrected chi connectivity index (χ0v) is 18.5. The molecule has 10 heteroatoms.